The van der Waals surface area contributed by atoms with E-state index < -0.39 is 15.9 Å². The monoisotopic (exact) mass is 492 g/mol. The van der Waals surface area contributed by atoms with Gasteiger partial charge in [-0.3, -0.25) is 9.89 Å². The van der Waals surface area contributed by atoms with E-state index in [9.17, 15) is 13.2 Å². The maximum atomic E-state index is 13.0. The van der Waals surface area contributed by atoms with Crippen molar-refractivity contribution in [2.24, 2.45) is 0 Å². The Kier molecular flexibility index (Phi) is 6.83. The number of hydrogen-bond acceptors (Lipinski definition) is 7. The lowest BCUT2D eigenvalue weighted by molar-refractivity contribution is 0.0978. The summed E-state index contributed by atoms with van der Waals surface area (Å²) in [4.78, 5) is 17.6. The Hall–Kier alpha value is -4.18. The summed E-state index contributed by atoms with van der Waals surface area (Å²) in [5.41, 5.74) is 3.17. The van der Waals surface area contributed by atoms with Crippen LogP contribution in [0.15, 0.2) is 71.9 Å². The first kappa shape index (κ1) is 24.0. The zero-order chi connectivity index (χ0) is 25.0. The molecule has 0 spiro atoms. The van der Waals surface area contributed by atoms with Crippen LogP contribution in [0.25, 0.3) is 11.3 Å². The third-order valence-electron chi connectivity index (χ3n) is 5.09. The molecular formula is C25H24N4O5S. The predicted octanol–water partition coefficient (Wildman–Crippen LogP) is 4.40. The van der Waals surface area contributed by atoms with Crippen molar-refractivity contribution < 1.29 is 22.7 Å². The van der Waals surface area contributed by atoms with Crippen LogP contribution < -0.4 is 14.2 Å². The summed E-state index contributed by atoms with van der Waals surface area (Å²) in [6, 6.07) is 17.3. The number of aryl methyl sites for hydroxylation is 2. The normalized spacial score (nSPS) is 11.2. The van der Waals surface area contributed by atoms with Crippen LogP contribution in [0.2, 0.25) is 0 Å². The summed E-state index contributed by atoms with van der Waals surface area (Å²) in [6.07, 6.45) is 1.28. The summed E-state index contributed by atoms with van der Waals surface area (Å²) in [7, 11) is -4.16. The van der Waals surface area contributed by atoms with Crippen molar-refractivity contribution in [2.45, 2.75) is 25.8 Å². The lowest BCUT2D eigenvalue weighted by Crippen LogP contribution is -2.31. The van der Waals surface area contributed by atoms with Crippen LogP contribution in [0, 0.1) is 13.8 Å². The molecule has 4 aromatic rings. The second-order valence-electron chi connectivity index (χ2n) is 7.73. The molecule has 0 aliphatic rings. The smallest absolute Gasteiger partial charge is 0.281 e. The highest BCUT2D eigenvalue weighted by molar-refractivity contribution is 7.90. The van der Waals surface area contributed by atoms with E-state index in [2.05, 4.69) is 15.2 Å². The number of pyridine rings is 1. The van der Waals surface area contributed by atoms with Gasteiger partial charge >= 0.3 is 0 Å². The minimum absolute atomic E-state index is 0.0272. The largest absolute Gasteiger partial charge is 0.494 e. The molecule has 1 amide bonds. The molecule has 0 saturated carbocycles. The molecule has 35 heavy (non-hydrogen) atoms. The molecule has 0 aliphatic carbocycles. The van der Waals surface area contributed by atoms with Gasteiger partial charge in [0.1, 0.15) is 17.1 Å². The summed E-state index contributed by atoms with van der Waals surface area (Å²) in [6.45, 7) is 6.29. The Morgan fingerprint density at radius 1 is 1.03 bits per heavy atom. The lowest BCUT2D eigenvalue weighted by atomic mass is 10.1. The van der Waals surface area contributed by atoms with Gasteiger partial charge in [-0.25, -0.2) is 9.71 Å². The second kappa shape index (κ2) is 9.98. The SMILES string of the molecule is CCOc1ccc(-c2ccc(C(=O)NS(=O)(=O)c3ccn[nH]3)c(Oc3ccc(C)cc3C)n2)cc1. The molecular weight excluding hydrogens is 468 g/mol. The number of nitrogens with zero attached hydrogens (tertiary/aromatic N) is 2. The highest BCUT2D eigenvalue weighted by atomic mass is 32.2. The van der Waals surface area contributed by atoms with E-state index >= 15 is 0 Å². The number of aromatic nitrogens is 3. The van der Waals surface area contributed by atoms with E-state index in [-0.39, 0.29) is 16.5 Å². The standard InChI is InChI=1S/C25H24N4O5S/c1-4-33-19-8-6-18(7-9-19)21-11-10-20(24(30)29-35(31,32)23-13-14-26-28-23)25(27-21)34-22-12-5-16(2)15-17(22)3/h5-15H,4H2,1-3H3,(H,26,28)(H,29,30). The lowest BCUT2D eigenvalue weighted by Gasteiger charge is -2.14. The molecule has 4 rings (SSSR count). The van der Waals surface area contributed by atoms with Gasteiger partial charge in [0, 0.05) is 5.56 Å². The van der Waals surface area contributed by atoms with Crippen LogP contribution in [-0.2, 0) is 10.0 Å². The van der Waals surface area contributed by atoms with E-state index in [4.69, 9.17) is 9.47 Å². The summed E-state index contributed by atoms with van der Waals surface area (Å²) >= 11 is 0. The van der Waals surface area contributed by atoms with Crippen LogP contribution in [0.3, 0.4) is 0 Å². The average Bonchev–Trinajstić information content (AvgIpc) is 3.38. The van der Waals surface area contributed by atoms with E-state index in [0.717, 1.165) is 22.4 Å². The first-order chi connectivity index (χ1) is 16.8. The van der Waals surface area contributed by atoms with Gasteiger partial charge in [0.05, 0.1) is 18.5 Å². The number of H-pyrrole nitrogens is 1. The predicted molar refractivity (Wildman–Crippen MR) is 130 cm³/mol. The van der Waals surface area contributed by atoms with Gasteiger partial charge in [-0.15, -0.1) is 0 Å². The van der Waals surface area contributed by atoms with Crippen LogP contribution >= 0.6 is 0 Å². The van der Waals surface area contributed by atoms with E-state index in [1.807, 2.05) is 61.9 Å². The Morgan fingerprint density at radius 3 is 2.46 bits per heavy atom. The molecule has 0 saturated heterocycles. The number of hydrogen-bond donors (Lipinski definition) is 2. The van der Waals surface area contributed by atoms with Gasteiger partial charge in [0.15, 0.2) is 5.03 Å². The van der Waals surface area contributed by atoms with E-state index in [1.54, 1.807) is 12.1 Å². The Labute approximate surface area is 203 Å². The average molecular weight is 493 g/mol. The van der Waals surface area contributed by atoms with Gasteiger partial charge < -0.3 is 9.47 Å². The molecule has 10 heteroatoms. The zero-order valence-electron chi connectivity index (χ0n) is 19.4. The van der Waals surface area contributed by atoms with Crippen molar-refractivity contribution in [3.8, 4) is 28.6 Å². The Bertz CT molecular complexity index is 1450. The molecule has 0 radical (unpaired) electrons. The number of aromatic amines is 1. The maximum absolute atomic E-state index is 13.0. The molecule has 2 aromatic heterocycles. The molecule has 0 unspecified atom stereocenters. The molecule has 9 nitrogen and oxygen atoms in total. The molecule has 2 heterocycles. The van der Waals surface area contributed by atoms with Crippen LogP contribution in [-0.4, -0.2) is 36.1 Å². The quantitative estimate of drug-likeness (QED) is 0.374. The number of ether oxygens (including phenoxy) is 2. The second-order valence-corrected chi connectivity index (χ2v) is 9.38. The molecule has 2 N–H and O–H groups in total. The van der Waals surface area contributed by atoms with Crippen LogP contribution in [0.1, 0.15) is 28.4 Å². The van der Waals surface area contributed by atoms with Crippen molar-refractivity contribution in [3.63, 3.8) is 0 Å². The highest BCUT2D eigenvalue weighted by Gasteiger charge is 2.24. The Morgan fingerprint density at radius 2 is 1.80 bits per heavy atom. The van der Waals surface area contributed by atoms with Crippen LogP contribution in [0.4, 0.5) is 0 Å². The topological polar surface area (TPSA) is 123 Å². The third kappa shape index (κ3) is 5.49. The number of carbonyl (C=O) groups is 1. The van der Waals surface area contributed by atoms with Crippen molar-refractivity contribution in [1.29, 1.82) is 0 Å². The van der Waals surface area contributed by atoms with Gasteiger partial charge in [0.2, 0.25) is 5.88 Å². The van der Waals surface area contributed by atoms with Gasteiger partial charge in [-0.2, -0.15) is 13.5 Å². The van der Waals surface area contributed by atoms with Crippen LogP contribution in [0.5, 0.6) is 17.4 Å². The minimum atomic E-state index is -4.16. The first-order valence-electron chi connectivity index (χ1n) is 10.8. The number of rotatable bonds is 8. The van der Waals surface area contributed by atoms with E-state index in [0.29, 0.717) is 18.1 Å². The van der Waals surface area contributed by atoms with E-state index in [1.165, 1.54) is 18.3 Å². The van der Waals surface area contributed by atoms with Gasteiger partial charge in [0.25, 0.3) is 15.9 Å². The third-order valence-corrected chi connectivity index (χ3v) is 6.36. The summed E-state index contributed by atoms with van der Waals surface area (Å²) < 4.78 is 38.6. The summed E-state index contributed by atoms with van der Waals surface area (Å²) in [5, 5.41) is 5.72. The zero-order valence-corrected chi connectivity index (χ0v) is 20.2. The number of benzene rings is 2. The Balaban J connectivity index is 1.72. The maximum Gasteiger partial charge on any atom is 0.281 e. The number of nitrogens with one attached hydrogen (secondary N) is 2. The van der Waals surface area contributed by atoms with Crippen molar-refractivity contribution in [3.05, 3.63) is 83.6 Å². The van der Waals surface area contributed by atoms with Gasteiger partial charge in [-0.1, -0.05) is 17.7 Å². The number of amides is 1. The van der Waals surface area contributed by atoms with Crippen molar-refractivity contribution in [2.75, 3.05) is 6.61 Å². The fraction of sp³-hybridized carbons (Fsp3) is 0.160. The highest BCUT2D eigenvalue weighted by Crippen LogP contribution is 2.30. The molecule has 180 valence electrons. The molecule has 2 aromatic carbocycles. The fourth-order valence-corrected chi connectivity index (χ4v) is 4.26. The number of carbonyl (C=O) groups excluding carboxylic acids is 1. The van der Waals surface area contributed by atoms with Gasteiger partial charge in [-0.05, 0) is 74.9 Å². The molecule has 0 aliphatic heterocycles. The molecule has 0 atom stereocenters. The fourth-order valence-electron chi connectivity index (χ4n) is 3.38. The number of sulfonamides is 1. The van der Waals surface area contributed by atoms with Crippen molar-refractivity contribution in [1.82, 2.24) is 19.9 Å². The minimum Gasteiger partial charge on any atom is -0.494 e. The summed E-state index contributed by atoms with van der Waals surface area (Å²) in [5.74, 6) is 0.311. The van der Waals surface area contributed by atoms with Crippen molar-refractivity contribution >= 4 is 15.9 Å². The first-order valence-corrected chi connectivity index (χ1v) is 12.3. The molecule has 0 fully saturated rings. The molecule has 0 bridgehead atoms.